The number of carbonyl (C=O) groups excluding carboxylic acids is 2. The van der Waals surface area contributed by atoms with Crippen LogP contribution in [0.5, 0.6) is 5.75 Å². The van der Waals surface area contributed by atoms with Crippen LogP contribution in [0.15, 0.2) is 18.2 Å². The summed E-state index contributed by atoms with van der Waals surface area (Å²) >= 11 is 0. The summed E-state index contributed by atoms with van der Waals surface area (Å²) in [4.78, 5) is 37.3. The van der Waals surface area contributed by atoms with Gasteiger partial charge in [-0.15, -0.1) is 0 Å². The fourth-order valence-corrected chi connectivity index (χ4v) is 3.63. The number of carbonyl (C=O) groups is 3. The third kappa shape index (κ3) is 4.42. The van der Waals surface area contributed by atoms with Gasteiger partial charge in [0.2, 0.25) is 5.91 Å². The molecule has 2 heterocycles. The standard InChI is InChI=1S/C19H24N2O7/c1-21-14-5-4-12(8-18(23)24)28-16(14)9-27-15-6-3-11(7-13(15)19(21)25)20-17(22)10-26-2/h3,6-7,12,14,16H,4-5,8-10H2,1-2H3,(H,20,22)(H,23,24)/t12-,14+,16+/m1/s1. The zero-order valence-electron chi connectivity index (χ0n) is 15.8. The fourth-order valence-electron chi connectivity index (χ4n) is 3.63. The number of aliphatic carboxylic acids is 1. The predicted molar refractivity (Wildman–Crippen MR) is 98.5 cm³/mol. The molecule has 0 aromatic heterocycles. The lowest BCUT2D eigenvalue weighted by Gasteiger charge is -2.42. The Balaban J connectivity index is 1.80. The number of rotatable bonds is 5. The molecule has 0 radical (unpaired) electrons. The second-order valence-electron chi connectivity index (χ2n) is 6.96. The zero-order chi connectivity index (χ0) is 20.3. The first-order valence-corrected chi connectivity index (χ1v) is 9.09. The summed E-state index contributed by atoms with van der Waals surface area (Å²) in [5, 5.41) is 11.7. The van der Waals surface area contributed by atoms with Gasteiger partial charge < -0.3 is 29.5 Å². The minimum absolute atomic E-state index is 0.0675. The highest BCUT2D eigenvalue weighted by Gasteiger charge is 2.39. The van der Waals surface area contributed by atoms with Gasteiger partial charge in [-0.05, 0) is 31.0 Å². The number of hydrogen-bond acceptors (Lipinski definition) is 6. The van der Waals surface area contributed by atoms with E-state index in [1.807, 2.05) is 0 Å². The Kier molecular flexibility index (Phi) is 6.15. The zero-order valence-corrected chi connectivity index (χ0v) is 15.8. The maximum atomic E-state index is 13.0. The number of nitrogens with one attached hydrogen (secondary N) is 1. The molecule has 0 aliphatic carbocycles. The lowest BCUT2D eigenvalue weighted by atomic mass is 9.94. The number of fused-ring (bicyclic) bond motifs is 2. The maximum Gasteiger partial charge on any atom is 0.305 e. The van der Waals surface area contributed by atoms with Crippen molar-refractivity contribution in [2.24, 2.45) is 0 Å². The molecule has 9 nitrogen and oxygen atoms in total. The van der Waals surface area contributed by atoms with Gasteiger partial charge in [-0.2, -0.15) is 0 Å². The van der Waals surface area contributed by atoms with E-state index in [-0.39, 0.29) is 43.6 Å². The van der Waals surface area contributed by atoms with Crippen LogP contribution in [0.3, 0.4) is 0 Å². The molecule has 3 rings (SSSR count). The van der Waals surface area contributed by atoms with E-state index in [0.29, 0.717) is 29.8 Å². The van der Waals surface area contributed by atoms with Gasteiger partial charge >= 0.3 is 5.97 Å². The van der Waals surface area contributed by atoms with Crippen LogP contribution in [0.4, 0.5) is 5.69 Å². The van der Waals surface area contributed by atoms with Crippen molar-refractivity contribution >= 4 is 23.5 Å². The Bertz CT molecular complexity index is 767. The van der Waals surface area contributed by atoms with Crippen LogP contribution in [0.1, 0.15) is 29.6 Å². The first-order valence-electron chi connectivity index (χ1n) is 9.09. The van der Waals surface area contributed by atoms with Crippen molar-refractivity contribution in [3.05, 3.63) is 23.8 Å². The third-order valence-corrected chi connectivity index (χ3v) is 4.97. The number of anilines is 1. The van der Waals surface area contributed by atoms with Crippen LogP contribution < -0.4 is 10.1 Å². The molecule has 152 valence electrons. The minimum Gasteiger partial charge on any atom is -0.490 e. The van der Waals surface area contributed by atoms with Crippen molar-refractivity contribution in [3.8, 4) is 5.75 Å². The summed E-state index contributed by atoms with van der Waals surface area (Å²) in [5.74, 6) is -1.08. The van der Waals surface area contributed by atoms with Gasteiger partial charge in [-0.25, -0.2) is 0 Å². The van der Waals surface area contributed by atoms with E-state index < -0.39 is 12.1 Å². The number of carboxylic acids is 1. The van der Waals surface area contributed by atoms with Crippen molar-refractivity contribution in [3.63, 3.8) is 0 Å². The summed E-state index contributed by atoms with van der Waals surface area (Å²) in [6.07, 6.45) is 0.338. The molecule has 1 aromatic rings. The highest BCUT2D eigenvalue weighted by atomic mass is 16.5. The lowest BCUT2D eigenvalue weighted by Crippen LogP contribution is -2.53. The molecule has 0 unspecified atom stereocenters. The summed E-state index contributed by atoms with van der Waals surface area (Å²) in [7, 11) is 3.13. The fraction of sp³-hybridized carbons (Fsp3) is 0.526. The Labute approximate surface area is 162 Å². The number of carboxylic acid groups (broad SMARTS) is 1. The van der Waals surface area contributed by atoms with Crippen molar-refractivity contribution in [1.82, 2.24) is 4.90 Å². The summed E-state index contributed by atoms with van der Waals surface area (Å²) < 4.78 is 16.5. The SMILES string of the molecule is COCC(=O)Nc1ccc2c(c1)C(=O)N(C)[C@H]1CC[C@H](CC(=O)O)O[C@H]1CO2. The summed E-state index contributed by atoms with van der Waals surface area (Å²) in [6.45, 7) is 0.126. The van der Waals surface area contributed by atoms with Crippen LogP contribution >= 0.6 is 0 Å². The molecule has 1 saturated heterocycles. The molecule has 1 aromatic carbocycles. The molecule has 2 aliphatic heterocycles. The van der Waals surface area contributed by atoms with Crippen LogP contribution in [-0.2, 0) is 19.1 Å². The topological polar surface area (TPSA) is 114 Å². The molecule has 1 fully saturated rings. The van der Waals surface area contributed by atoms with Gasteiger partial charge in [0.25, 0.3) is 5.91 Å². The average molecular weight is 392 g/mol. The molecule has 3 atom stereocenters. The third-order valence-electron chi connectivity index (χ3n) is 4.97. The molecule has 9 heteroatoms. The monoisotopic (exact) mass is 392 g/mol. The van der Waals surface area contributed by atoms with Crippen molar-refractivity contribution in [1.29, 1.82) is 0 Å². The first kappa shape index (κ1) is 20.1. The Morgan fingerprint density at radius 2 is 2.14 bits per heavy atom. The van der Waals surface area contributed by atoms with Crippen molar-refractivity contribution < 1.29 is 33.7 Å². The molecule has 28 heavy (non-hydrogen) atoms. The lowest BCUT2D eigenvalue weighted by molar-refractivity contribution is -0.148. The van der Waals surface area contributed by atoms with Gasteiger partial charge in [0.15, 0.2) is 0 Å². The molecule has 0 spiro atoms. The highest BCUT2D eigenvalue weighted by Crippen LogP contribution is 2.32. The predicted octanol–water partition coefficient (Wildman–Crippen LogP) is 1.13. The summed E-state index contributed by atoms with van der Waals surface area (Å²) in [5.41, 5.74) is 0.827. The molecule has 0 bridgehead atoms. The largest absolute Gasteiger partial charge is 0.490 e. The van der Waals surface area contributed by atoms with Gasteiger partial charge in [0.05, 0.1) is 24.1 Å². The molecule has 0 saturated carbocycles. The number of hydrogen-bond donors (Lipinski definition) is 2. The van der Waals surface area contributed by atoms with Gasteiger partial charge in [0, 0.05) is 19.8 Å². The maximum absolute atomic E-state index is 13.0. The van der Waals surface area contributed by atoms with E-state index in [0.717, 1.165) is 0 Å². The van der Waals surface area contributed by atoms with E-state index >= 15 is 0 Å². The summed E-state index contributed by atoms with van der Waals surface area (Å²) in [6, 6.07) is 4.64. The number of likely N-dealkylation sites (N-methyl/N-ethyl adjacent to an activating group) is 1. The normalized spacial score (nSPS) is 24.3. The van der Waals surface area contributed by atoms with E-state index in [2.05, 4.69) is 5.32 Å². The first-order chi connectivity index (χ1) is 13.4. The number of methoxy groups -OCH3 is 1. The molecular weight excluding hydrogens is 368 g/mol. The van der Waals surface area contributed by atoms with E-state index in [4.69, 9.17) is 19.3 Å². The number of amides is 2. The highest BCUT2D eigenvalue weighted by molar-refractivity contribution is 6.00. The van der Waals surface area contributed by atoms with Crippen LogP contribution in [0.25, 0.3) is 0 Å². The van der Waals surface area contributed by atoms with Gasteiger partial charge in [-0.1, -0.05) is 0 Å². The number of benzene rings is 1. The molecule has 2 amide bonds. The molecular formula is C19H24N2O7. The number of ether oxygens (including phenoxy) is 3. The van der Waals surface area contributed by atoms with Crippen molar-refractivity contribution in [2.45, 2.75) is 37.5 Å². The van der Waals surface area contributed by atoms with Crippen molar-refractivity contribution in [2.75, 3.05) is 32.7 Å². The second-order valence-corrected chi connectivity index (χ2v) is 6.96. The number of nitrogens with zero attached hydrogens (tertiary/aromatic N) is 1. The van der Waals surface area contributed by atoms with E-state index in [1.54, 1.807) is 30.1 Å². The van der Waals surface area contributed by atoms with Gasteiger partial charge in [-0.3, -0.25) is 14.4 Å². The quantitative estimate of drug-likeness (QED) is 0.772. The van der Waals surface area contributed by atoms with E-state index in [1.165, 1.54) is 7.11 Å². The Morgan fingerprint density at radius 3 is 2.86 bits per heavy atom. The van der Waals surface area contributed by atoms with Crippen LogP contribution in [0.2, 0.25) is 0 Å². The molecule has 2 aliphatic rings. The average Bonchev–Trinajstić information content (AvgIpc) is 2.65. The Morgan fingerprint density at radius 1 is 1.36 bits per heavy atom. The minimum atomic E-state index is -0.909. The van der Waals surface area contributed by atoms with Crippen LogP contribution in [0, 0.1) is 0 Å². The molecule has 2 N–H and O–H groups in total. The van der Waals surface area contributed by atoms with E-state index in [9.17, 15) is 14.4 Å². The second kappa shape index (κ2) is 8.57. The van der Waals surface area contributed by atoms with Crippen LogP contribution in [-0.4, -0.2) is 73.4 Å². The Hall–Kier alpha value is -2.65. The van der Waals surface area contributed by atoms with Gasteiger partial charge in [0.1, 0.15) is 25.1 Å². The smallest absolute Gasteiger partial charge is 0.305 e.